The summed E-state index contributed by atoms with van der Waals surface area (Å²) in [5, 5.41) is 0. The third-order valence-corrected chi connectivity index (χ3v) is 5.22. The van der Waals surface area contributed by atoms with Crippen LogP contribution < -0.4 is 4.72 Å². The first-order chi connectivity index (χ1) is 8.88. The molecule has 0 aliphatic carbocycles. The Balaban J connectivity index is 2.23. The number of hydrogen-bond donors (Lipinski definition) is 1. The SMILES string of the molecule is CC(=O)c1ccc(NS(=O)(=O)c2cnc(Cl)s2)cc1. The largest absolute Gasteiger partial charge is 0.295 e. The summed E-state index contributed by atoms with van der Waals surface area (Å²) < 4.78 is 26.5. The van der Waals surface area contributed by atoms with Crippen molar-refractivity contribution in [2.45, 2.75) is 11.1 Å². The van der Waals surface area contributed by atoms with Crippen LogP contribution >= 0.6 is 22.9 Å². The second-order valence-corrected chi connectivity index (χ2v) is 7.19. The maximum absolute atomic E-state index is 12.0. The highest BCUT2D eigenvalue weighted by Crippen LogP contribution is 2.24. The van der Waals surface area contributed by atoms with Crippen LogP contribution in [0.1, 0.15) is 17.3 Å². The minimum absolute atomic E-state index is 0.0353. The maximum Gasteiger partial charge on any atom is 0.273 e. The average molecular weight is 317 g/mol. The zero-order chi connectivity index (χ0) is 14.0. The van der Waals surface area contributed by atoms with Crippen molar-refractivity contribution in [3.63, 3.8) is 0 Å². The number of sulfonamides is 1. The monoisotopic (exact) mass is 316 g/mol. The number of rotatable bonds is 4. The van der Waals surface area contributed by atoms with Crippen LogP contribution in [0.4, 0.5) is 5.69 Å². The minimum Gasteiger partial charge on any atom is -0.295 e. The molecule has 0 saturated heterocycles. The maximum atomic E-state index is 12.0. The number of Topliss-reactive ketones (excluding diaryl/α,β-unsaturated/α-hetero) is 1. The summed E-state index contributed by atoms with van der Waals surface area (Å²) in [7, 11) is -3.69. The summed E-state index contributed by atoms with van der Waals surface area (Å²) in [6.07, 6.45) is 1.19. The molecule has 1 aromatic carbocycles. The number of benzene rings is 1. The number of carbonyl (C=O) groups excluding carboxylic acids is 1. The van der Waals surface area contributed by atoms with Gasteiger partial charge >= 0.3 is 0 Å². The third-order valence-electron chi connectivity index (χ3n) is 2.26. The molecule has 0 aliphatic rings. The van der Waals surface area contributed by atoms with Crippen LogP contribution in [0.15, 0.2) is 34.7 Å². The van der Waals surface area contributed by atoms with Crippen molar-refractivity contribution in [3.05, 3.63) is 40.5 Å². The number of nitrogens with one attached hydrogen (secondary N) is 1. The Hall–Kier alpha value is -1.44. The fraction of sp³-hybridized carbons (Fsp3) is 0.0909. The van der Waals surface area contributed by atoms with E-state index in [-0.39, 0.29) is 14.5 Å². The van der Waals surface area contributed by atoms with Gasteiger partial charge in [0.2, 0.25) is 0 Å². The summed E-state index contributed by atoms with van der Waals surface area (Å²) in [5.74, 6) is -0.0800. The molecule has 0 spiro atoms. The molecule has 5 nitrogen and oxygen atoms in total. The van der Waals surface area contributed by atoms with Gasteiger partial charge in [-0.05, 0) is 31.2 Å². The summed E-state index contributed by atoms with van der Waals surface area (Å²) in [6.45, 7) is 1.44. The molecule has 1 heterocycles. The van der Waals surface area contributed by atoms with Crippen molar-refractivity contribution in [2.24, 2.45) is 0 Å². The second-order valence-electron chi connectivity index (χ2n) is 3.67. The quantitative estimate of drug-likeness (QED) is 0.880. The molecule has 0 aliphatic heterocycles. The van der Waals surface area contributed by atoms with Crippen molar-refractivity contribution in [3.8, 4) is 0 Å². The lowest BCUT2D eigenvalue weighted by Crippen LogP contribution is -2.11. The molecule has 2 rings (SSSR count). The Labute approximate surface area is 119 Å². The van der Waals surface area contributed by atoms with Gasteiger partial charge in [-0.25, -0.2) is 13.4 Å². The predicted molar refractivity (Wildman–Crippen MR) is 74.4 cm³/mol. The van der Waals surface area contributed by atoms with Crippen LogP contribution in [0.2, 0.25) is 4.47 Å². The van der Waals surface area contributed by atoms with E-state index in [0.717, 1.165) is 11.3 Å². The topological polar surface area (TPSA) is 76.1 Å². The lowest BCUT2D eigenvalue weighted by molar-refractivity contribution is 0.101. The van der Waals surface area contributed by atoms with Crippen molar-refractivity contribution in [1.29, 1.82) is 0 Å². The number of hydrogen-bond acceptors (Lipinski definition) is 5. The van der Waals surface area contributed by atoms with Gasteiger partial charge in [0, 0.05) is 11.3 Å². The molecule has 0 atom stereocenters. The Morgan fingerprint density at radius 1 is 1.32 bits per heavy atom. The van der Waals surface area contributed by atoms with Crippen LogP contribution in [0, 0.1) is 0 Å². The molecule has 0 radical (unpaired) electrons. The van der Waals surface area contributed by atoms with Gasteiger partial charge in [0.1, 0.15) is 0 Å². The number of nitrogens with zero attached hydrogens (tertiary/aromatic N) is 1. The molecule has 0 saturated carbocycles. The smallest absolute Gasteiger partial charge is 0.273 e. The number of ketones is 1. The lowest BCUT2D eigenvalue weighted by Gasteiger charge is -2.06. The molecule has 0 unspecified atom stereocenters. The van der Waals surface area contributed by atoms with Gasteiger partial charge in [0.05, 0.1) is 6.20 Å². The molecule has 1 aromatic heterocycles. The standard InChI is InChI=1S/C11H9ClN2O3S2/c1-7(15)8-2-4-9(5-3-8)14-19(16,17)10-6-13-11(12)18-10/h2-6,14H,1H3. The number of aromatic nitrogens is 1. The summed E-state index contributed by atoms with van der Waals surface area (Å²) in [6, 6.07) is 6.16. The number of carbonyl (C=O) groups is 1. The van der Waals surface area contributed by atoms with Gasteiger partial charge < -0.3 is 0 Å². The van der Waals surface area contributed by atoms with Crippen molar-refractivity contribution < 1.29 is 13.2 Å². The fourth-order valence-electron chi connectivity index (χ4n) is 1.34. The van der Waals surface area contributed by atoms with Gasteiger partial charge in [-0.15, -0.1) is 0 Å². The van der Waals surface area contributed by atoms with Crippen molar-refractivity contribution in [2.75, 3.05) is 4.72 Å². The molecule has 2 aromatic rings. The molecule has 0 fully saturated rings. The third kappa shape index (κ3) is 3.31. The molecule has 8 heteroatoms. The van der Waals surface area contributed by atoms with Gasteiger partial charge in [0.25, 0.3) is 10.0 Å². The van der Waals surface area contributed by atoms with E-state index in [1.54, 1.807) is 12.1 Å². The number of halogens is 1. The first kappa shape index (κ1) is 14.0. The zero-order valence-electron chi connectivity index (χ0n) is 9.75. The number of anilines is 1. The Morgan fingerprint density at radius 3 is 2.42 bits per heavy atom. The lowest BCUT2D eigenvalue weighted by atomic mass is 10.1. The van der Waals surface area contributed by atoms with E-state index < -0.39 is 10.0 Å². The Bertz CT molecular complexity index is 708. The van der Waals surface area contributed by atoms with Crippen LogP contribution in [-0.4, -0.2) is 19.2 Å². The predicted octanol–water partition coefficient (Wildman–Crippen LogP) is 2.80. The van der Waals surface area contributed by atoms with E-state index in [4.69, 9.17) is 11.6 Å². The highest BCUT2D eigenvalue weighted by atomic mass is 35.5. The first-order valence-corrected chi connectivity index (χ1v) is 7.81. The van der Waals surface area contributed by atoms with Crippen LogP contribution in [0.5, 0.6) is 0 Å². The van der Waals surface area contributed by atoms with E-state index >= 15 is 0 Å². The highest BCUT2D eigenvalue weighted by Gasteiger charge is 2.17. The zero-order valence-corrected chi connectivity index (χ0v) is 12.1. The second kappa shape index (κ2) is 5.28. The van der Waals surface area contributed by atoms with Crippen LogP contribution in [0.3, 0.4) is 0 Å². The summed E-state index contributed by atoms with van der Waals surface area (Å²) in [5.41, 5.74) is 0.887. The van der Waals surface area contributed by atoms with Gasteiger partial charge in [-0.3, -0.25) is 9.52 Å². The highest BCUT2D eigenvalue weighted by molar-refractivity contribution is 7.94. The molecule has 0 bridgehead atoms. The van der Waals surface area contributed by atoms with Gasteiger partial charge in [-0.2, -0.15) is 0 Å². The Kier molecular flexibility index (Phi) is 3.88. The van der Waals surface area contributed by atoms with E-state index in [9.17, 15) is 13.2 Å². The average Bonchev–Trinajstić information content (AvgIpc) is 2.77. The molecule has 100 valence electrons. The van der Waals surface area contributed by atoms with E-state index in [2.05, 4.69) is 9.71 Å². The Morgan fingerprint density at radius 2 is 1.95 bits per heavy atom. The van der Waals surface area contributed by atoms with Crippen molar-refractivity contribution in [1.82, 2.24) is 4.98 Å². The molecule has 0 amide bonds. The fourth-order valence-corrected chi connectivity index (χ4v) is 3.69. The summed E-state index contributed by atoms with van der Waals surface area (Å²) >= 11 is 6.47. The minimum atomic E-state index is -3.69. The van der Waals surface area contributed by atoms with E-state index in [1.165, 1.54) is 25.3 Å². The number of thiazole rings is 1. The summed E-state index contributed by atoms with van der Waals surface area (Å²) in [4.78, 5) is 14.8. The van der Waals surface area contributed by atoms with Gasteiger partial charge in [0.15, 0.2) is 14.5 Å². The molecular formula is C11H9ClN2O3S2. The molecular weight excluding hydrogens is 308 g/mol. The molecule has 19 heavy (non-hydrogen) atoms. The van der Waals surface area contributed by atoms with Gasteiger partial charge in [-0.1, -0.05) is 22.9 Å². The normalized spacial score (nSPS) is 11.3. The van der Waals surface area contributed by atoms with Crippen LogP contribution in [-0.2, 0) is 10.0 Å². The first-order valence-electron chi connectivity index (χ1n) is 5.13. The van der Waals surface area contributed by atoms with Crippen molar-refractivity contribution >= 4 is 44.4 Å². The molecule has 1 N–H and O–H groups in total. The van der Waals surface area contributed by atoms with Crippen LogP contribution in [0.25, 0.3) is 0 Å². The van der Waals surface area contributed by atoms with E-state index in [1.807, 2.05) is 0 Å². The van der Waals surface area contributed by atoms with E-state index in [0.29, 0.717) is 11.3 Å².